The quantitative estimate of drug-likeness (QED) is 0.551. The molecule has 4 unspecified atom stereocenters. The molecule has 4 rings (SSSR count). The highest BCUT2D eigenvalue weighted by Crippen LogP contribution is 2.56. The zero-order chi connectivity index (χ0) is 22.3. The monoisotopic (exact) mass is 418 g/mol. The third-order valence-corrected chi connectivity index (χ3v) is 7.13. The van der Waals surface area contributed by atoms with Crippen LogP contribution in [-0.4, -0.2) is 21.9 Å². The molecule has 4 atom stereocenters. The van der Waals surface area contributed by atoms with E-state index in [1.807, 2.05) is 31.2 Å². The van der Waals surface area contributed by atoms with Crippen molar-refractivity contribution in [1.82, 2.24) is 0 Å². The average molecular weight is 419 g/mol. The summed E-state index contributed by atoms with van der Waals surface area (Å²) in [6, 6.07) is 10.0. The van der Waals surface area contributed by atoms with Gasteiger partial charge >= 0.3 is 0 Å². The summed E-state index contributed by atoms with van der Waals surface area (Å²) in [5, 5.41) is 22.0. The van der Waals surface area contributed by atoms with Gasteiger partial charge in [-0.1, -0.05) is 38.1 Å². The SMILES string of the molecule is C=CCc1ccc(O)c(-c2cc(CC=C)cc3c2OC2C3C(C(C)C)CCC2(C)O)c1. The summed E-state index contributed by atoms with van der Waals surface area (Å²) in [4.78, 5) is 0. The molecular weight excluding hydrogens is 384 g/mol. The molecule has 3 nitrogen and oxygen atoms in total. The average Bonchev–Trinajstić information content (AvgIpc) is 3.10. The van der Waals surface area contributed by atoms with E-state index in [0.29, 0.717) is 11.8 Å². The first-order chi connectivity index (χ1) is 14.8. The lowest BCUT2D eigenvalue weighted by atomic mass is 9.65. The van der Waals surface area contributed by atoms with Gasteiger partial charge in [-0.3, -0.25) is 0 Å². The van der Waals surface area contributed by atoms with Gasteiger partial charge < -0.3 is 14.9 Å². The molecule has 31 heavy (non-hydrogen) atoms. The van der Waals surface area contributed by atoms with Crippen LogP contribution in [-0.2, 0) is 12.8 Å². The zero-order valence-electron chi connectivity index (χ0n) is 18.9. The predicted molar refractivity (Wildman–Crippen MR) is 127 cm³/mol. The molecule has 0 bridgehead atoms. The first-order valence-corrected chi connectivity index (χ1v) is 11.4. The second kappa shape index (κ2) is 8.20. The first kappa shape index (κ1) is 21.7. The fourth-order valence-electron chi connectivity index (χ4n) is 5.53. The van der Waals surface area contributed by atoms with Crippen molar-refractivity contribution < 1.29 is 14.9 Å². The molecule has 1 saturated carbocycles. The Hall–Kier alpha value is -2.52. The molecule has 2 aromatic carbocycles. The van der Waals surface area contributed by atoms with Crippen LogP contribution in [0.1, 0.15) is 56.2 Å². The number of aromatic hydroxyl groups is 1. The van der Waals surface area contributed by atoms with Gasteiger partial charge in [0, 0.05) is 22.6 Å². The minimum atomic E-state index is -0.877. The van der Waals surface area contributed by atoms with Gasteiger partial charge in [0.1, 0.15) is 17.6 Å². The van der Waals surface area contributed by atoms with E-state index in [9.17, 15) is 10.2 Å². The van der Waals surface area contributed by atoms with Gasteiger partial charge in [0.05, 0.1) is 5.60 Å². The fraction of sp³-hybridized carbons (Fsp3) is 0.429. The van der Waals surface area contributed by atoms with E-state index in [1.165, 1.54) is 0 Å². The maximum atomic E-state index is 11.2. The Morgan fingerprint density at radius 3 is 2.45 bits per heavy atom. The molecule has 1 aliphatic heterocycles. The number of rotatable bonds is 6. The summed E-state index contributed by atoms with van der Waals surface area (Å²) in [5.41, 5.74) is 4.18. The van der Waals surface area contributed by atoms with Gasteiger partial charge in [0.15, 0.2) is 0 Å². The van der Waals surface area contributed by atoms with Crippen LogP contribution in [0, 0.1) is 11.8 Å². The summed E-state index contributed by atoms with van der Waals surface area (Å²) >= 11 is 0. The van der Waals surface area contributed by atoms with Crippen LogP contribution >= 0.6 is 0 Å². The number of allylic oxidation sites excluding steroid dienone is 2. The smallest absolute Gasteiger partial charge is 0.134 e. The number of fused-ring (bicyclic) bond motifs is 3. The maximum Gasteiger partial charge on any atom is 0.134 e. The van der Waals surface area contributed by atoms with E-state index in [0.717, 1.165) is 59.3 Å². The molecule has 2 N–H and O–H groups in total. The van der Waals surface area contributed by atoms with Crippen molar-refractivity contribution in [3.8, 4) is 22.6 Å². The van der Waals surface area contributed by atoms with Gasteiger partial charge in [0.2, 0.25) is 0 Å². The molecule has 0 saturated heterocycles. The summed E-state index contributed by atoms with van der Waals surface area (Å²) < 4.78 is 6.57. The minimum Gasteiger partial charge on any atom is -0.507 e. The highest BCUT2D eigenvalue weighted by Gasteiger charge is 2.53. The van der Waals surface area contributed by atoms with Crippen LogP contribution < -0.4 is 4.74 Å². The van der Waals surface area contributed by atoms with Gasteiger partial charge in [-0.15, -0.1) is 13.2 Å². The molecule has 164 valence electrons. The molecular formula is C28H34O3. The van der Waals surface area contributed by atoms with E-state index >= 15 is 0 Å². The van der Waals surface area contributed by atoms with Crippen molar-refractivity contribution in [2.45, 2.75) is 64.1 Å². The predicted octanol–water partition coefficient (Wildman–Crippen LogP) is 6.18. The molecule has 1 fully saturated rings. The van der Waals surface area contributed by atoms with E-state index in [-0.39, 0.29) is 17.8 Å². The topological polar surface area (TPSA) is 49.7 Å². The summed E-state index contributed by atoms with van der Waals surface area (Å²) in [7, 11) is 0. The van der Waals surface area contributed by atoms with Crippen molar-refractivity contribution >= 4 is 0 Å². The molecule has 0 amide bonds. The highest BCUT2D eigenvalue weighted by atomic mass is 16.5. The van der Waals surface area contributed by atoms with Crippen LogP contribution in [0.15, 0.2) is 55.6 Å². The lowest BCUT2D eigenvalue weighted by molar-refractivity contribution is -0.0916. The van der Waals surface area contributed by atoms with Crippen molar-refractivity contribution in [1.29, 1.82) is 0 Å². The second-order valence-electron chi connectivity index (χ2n) is 9.77. The second-order valence-corrected chi connectivity index (χ2v) is 9.77. The van der Waals surface area contributed by atoms with E-state index in [4.69, 9.17) is 4.74 Å². The Morgan fingerprint density at radius 2 is 1.77 bits per heavy atom. The Morgan fingerprint density at radius 1 is 1.10 bits per heavy atom. The number of hydrogen-bond donors (Lipinski definition) is 2. The normalized spacial score (nSPS) is 26.8. The van der Waals surface area contributed by atoms with Crippen LogP contribution in [0.4, 0.5) is 0 Å². The Balaban J connectivity index is 1.93. The zero-order valence-corrected chi connectivity index (χ0v) is 18.9. The van der Waals surface area contributed by atoms with Crippen molar-refractivity contribution in [2.75, 3.05) is 0 Å². The first-order valence-electron chi connectivity index (χ1n) is 11.4. The molecule has 0 radical (unpaired) electrons. The Kier molecular flexibility index (Phi) is 5.74. The number of phenolic OH excluding ortho intramolecular Hbond substituents is 1. The lowest BCUT2D eigenvalue weighted by Crippen LogP contribution is -2.50. The summed E-state index contributed by atoms with van der Waals surface area (Å²) in [6.45, 7) is 14.2. The molecule has 2 aliphatic rings. The van der Waals surface area contributed by atoms with Crippen LogP contribution in [0.2, 0.25) is 0 Å². The Labute approximate surface area is 186 Å². The van der Waals surface area contributed by atoms with Gasteiger partial charge in [-0.05, 0) is 73.8 Å². The molecule has 3 heteroatoms. The maximum absolute atomic E-state index is 11.2. The van der Waals surface area contributed by atoms with Gasteiger partial charge in [-0.25, -0.2) is 0 Å². The van der Waals surface area contributed by atoms with Crippen LogP contribution in [0.3, 0.4) is 0 Å². The number of hydrogen-bond acceptors (Lipinski definition) is 3. The largest absolute Gasteiger partial charge is 0.507 e. The Bertz CT molecular complexity index is 1000. The van der Waals surface area contributed by atoms with E-state index in [1.54, 1.807) is 6.07 Å². The molecule has 1 aliphatic carbocycles. The van der Waals surface area contributed by atoms with E-state index < -0.39 is 5.60 Å². The third-order valence-electron chi connectivity index (χ3n) is 7.13. The van der Waals surface area contributed by atoms with Gasteiger partial charge in [-0.2, -0.15) is 0 Å². The molecule has 0 aromatic heterocycles. The van der Waals surface area contributed by atoms with Crippen molar-refractivity contribution in [3.05, 3.63) is 72.3 Å². The van der Waals surface area contributed by atoms with Crippen LogP contribution in [0.5, 0.6) is 11.5 Å². The molecule has 0 spiro atoms. The van der Waals surface area contributed by atoms with Crippen molar-refractivity contribution in [2.24, 2.45) is 11.8 Å². The standard InChI is InChI=1S/C28H34O3/c1-6-8-18-10-11-24(29)21(14-18)22-15-19(9-7-2)16-23-25-20(17(3)4)12-13-28(5,30)27(25)31-26(22)23/h6-7,10-11,14-17,20,25,27,29-30H,1-2,8-9,12-13H2,3-5H3. The number of ether oxygens (including phenoxy) is 1. The van der Waals surface area contributed by atoms with Crippen LogP contribution in [0.25, 0.3) is 11.1 Å². The summed E-state index contributed by atoms with van der Waals surface area (Å²) in [5.74, 6) is 2.12. The number of benzene rings is 2. The van der Waals surface area contributed by atoms with Gasteiger partial charge in [0.25, 0.3) is 0 Å². The lowest BCUT2D eigenvalue weighted by Gasteiger charge is -2.43. The fourth-order valence-corrected chi connectivity index (χ4v) is 5.53. The van der Waals surface area contributed by atoms with E-state index in [2.05, 4.69) is 39.1 Å². The highest BCUT2D eigenvalue weighted by molar-refractivity contribution is 5.79. The number of aliphatic hydroxyl groups is 1. The summed E-state index contributed by atoms with van der Waals surface area (Å²) in [6.07, 6.45) is 6.69. The molecule has 2 aromatic rings. The van der Waals surface area contributed by atoms with Crippen molar-refractivity contribution in [3.63, 3.8) is 0 Å². The minimum absolute atomic E-state index is 0.140. The third kappa shape index (κ3) is 3.80. The number of phenols is 1. The molecule has 1 heterocycles.